The molecule has 3 N–H and O–H groups in total. The first kappa shape index (κ1) is 8.08. The molecule has 0 amide bonds. The summed E-state index contributed by atoms with van der Waals surface area (Å²) in [7, 11) is 0. The van der Waals surface area contributed by atoms with Crippen molar-refractivity contribution in [3.8, 4) is 0 Å². The Kier molecular flexibility index (Phi) is 2.15. The minimum Gasteiger partial charge on any atom is -0.398 e. The third kappa shape index (κ3) is 1.71. The van der Waals surface area contributed by atoms with Gasteiger partial charge in [-0.1, -0.05) is 12.1 Å². The normalized spacial score (nSPS) is 13.0. The van der Waals surface area contributed by atoms with Gasteiger partial charge in [0, 0.05) is 11.3 Å². The number of benzene rings is 1. The largest absolute Gasteiger partial charge is 0.398 e. The molecule has 0 bridgehead atoms. The fourth-order valence-corrected chi connectivity index (χ4v) is 1.07. The molecular formula is C9H13NO. The van der Waals surface area contributed by atoms with E-state index in [0.717, 1.165) is 11.1 Å². The van der Waals surface area contributed by atoms with Crippen LogP contribution in [0.1, 0.15) is 24.2 Å². The van der Waals surface area contributed by atoms with E-state index in [-0.39, 0.29) is 0 Å². The number of rotatable bonds is 1. The highest BCUT2D eigenvalue weighted by atomic mass is 16.3. The quantitative estimate of drug-likeness (QED) is 0.599. The van der Waals surface area contributed by atoms with E-state index in [0.29, 0.717) is 5.69 Å². The highest BCUT2D eigenvalue weighted by Crippen LogP contribution is 2.20. The van der Waals surface area contributed by atoms with E-state index in [1.165, 1.54) is 0 Å². The Balaban J connectivity index is 3.09. The van der Waals surface area contributed by atoms with Gasteiger partial charge in [0.25, 0.3) is 0 Å². The van der Waals surface area contributed by atoms with Crippen molar-refractivity contribution in [1.29, 1.82) is 0 Å². The van der Waals surface area contributed by atoms with Gasteiger partial charge in [-0.05, 0) is 25.5 Å². The zero-order chi connectivity index (χ0) is 8.43. The molecule has 0 saturated heterocycles. The molecule has 0 fully saturated rings. The molecule has 0 radical (unpaired) electrons. The first-order chi connectivity index (χ1) is 5.11. The minimum absolute atomic E-state index is 0.476. The lowest BCUT2D eigenvalue weighted by atomic mass is 10.1. The van der Waals surface area contributed by atoms with E-state index >= 15 is 0 Å². The summed E-state index contributed by atoms with van der Waals surface area (Å²) < 4.78 is 0. The van der Waals surface area contributed by atoms with Crippen LogP contribution in [0.4, 0.5) is 5.69 Å². The lowest BCUT2D eigenvalue weighted by molar-refractivity contribution is 0.200. The van der Waals surface area contributed by atoms with Gasteiger partial charge in [0.1, 0.15) is 0 Å². The maximum Gasteiger partial charge on any atom is 0.0781 e. The van der Waals surface area contributed by atoms with Crippen LogP contribution in [-0.4, -0.2) is 5.11 Å². The van der Waals surface area contributed by atoms with Crippen molar-refractivity contribution < 1.29 is 5.11 Å². The first-order valence-electron chi connectivity index (χ1n) is 3.65. The van der Waals surface area contributed by atoms with Crippen LogP contribution >= 0.6 is 0 Å². The molecule has 1 atom stereocenters. The van der Waals surface area contributed by atoms with Crippen molar-refractivity contribution in [1.82, 2.24) is 0 Å². The monoisotopic (exact) mass is 151 g/mol. The van der Waals surface area contributed by atoms with E-state index in [1.807, 2.05) is 25.1 Å². The Morgan fingerprint density at radius 3 is 2.55 bits per heavy atom. The molecule has 0 aliphatic carbocycles. The van der Waals surface area contributed by atoms with Crippen LogP contribution in [0.25, 0.3) is 0 Å². The second-order valence-corrected chi connectivity index (χ2v) is 2.81. The van der Waals surface area contributed by atoms with Gasteiger partial charge in [0.05, 0.1) is 6.10 Å². The average Bonchev–Trinajstić information content (AvgIpc) is 1.85. The number of aliphatic hydroxyl groups is 1. The van der Waals surface area contributed by atoms with Crippen molar-refractivity contribution >= 4 is 5.69 Å². The summed E-state index contributed by atoms with van der Waals surface area (Å²) in [5.41, 5.74) is 8.25. The molecule has 11 heavy (non-hydrogen) atoms. The van der Waals surface area contributed by atoms with Crippen molar-refractivity contribution in [3.05, 3.63) is 29.3 Å². The number of hydrogen-bond acceptors (Lipinski definition) is 2. The van der Waals surface area contributed by atoms with Gasteiger partial charge in [-0.25, -0.2) is 0 Å². The molecule has 0 spiro atoms. The highest BCUT2D eigenvalue weighted by Gasteiger charge is 2.03. The fourth-order valence-electron chi connectivity index (χ4n) is 1.07. The van der Waals surface area contributed by atoms with E-state index < -0.39 is 6.10 Å². The third-order valence-electron chi connectivity index (χ3n) is 1.69. The lowest BCUT2D eigenvalue weighted by Crippen LogP contribution is -1.98. The molecule has 60 valence electrons. The standard InChI is InChI=1S/C9H13NO/c1-6-3-4-8(7(2)11)9(10)5-6/h3-5,7,11H,10H2,1-2H3. The molecule has 0 heterocycles. The first-order valence-corrected chi connectivity index (χ1v) is 3.65. The molecular weight excluding hydrogens is 138 g/mol. The summed E-state index contributed by atoms with van der Waals surface area (Å²) in [6, 6.07) is 5.66. The molecule has 1 aromatic rings. The average molecular weight is 151 g/mol. The van der Waals surface area contributed by atoms with Gasteiger partial charge in [-0.3, -0.25) is 0 Å². The Bertz CT molecular complexity index is 256. The number of anilines is 1. The molecule has 0 aliphatic rings. The van der Waals surface area contributed by atoms with Crippen LogP contribution in [0, 0.1) is 6.92 Å². The summed E-state index contributed by atoms with van der Waals surface area (Å²) in [6.45, 7) is 3.68. The molecule has 0 aromatic heterocycles. The Labute approximate surface area is 66.7 Å². The summed E-state index contributed by atoms with van der Waals surface area (Å²) in [5.74, 6) is 0. The second-order valence-electron chi connectivity index (χ2n) is 2.81. The van der Waals surface area contributed by atoms with Gasteiger partial charge in [0.2, 0.25) is 0 Å². The lowest BCUT2D eigenvalue weighted by Gasteiger charge is -2.08. The Hall–Kier alpha value is -1.02. The highest BCUT2D eigenvalue weighted by molar-refractivity contribution is 5.49. The van der Waals surface area contributed by atoms with Crippen molar-refractivity contribution in [2.75, 3.05) is 5.73 Å². The molecule has 0 saturated carbocycles. The van der Waals surface area contributed by atoms with Gasteiger partial charge < -0.3 is 10.8 Å². The summed E-state index contributed by atoms with van der Waals surface area (Å²) >= 11 is 0. The predicted octanol–water partition coefficient (Wildman–Crippen LogP) is 1.63. The van der Waals surface area contributed by atoms with Crippen LogP contribution < -0.4 is 5.73 Å². The topological polar surface area (TPSA) is 46.2 Å². The Morgan fingerprint density at radius 2 is 2.09 bits per heavy atom. The predicted molar refractivity (Wildman–Crippen MR) is 46.2 cm³/mol. The van der Waals surface area contributed by atoms with Gasteiger partial charge in [-0.2, -0.15) is 0 Å². The van der Waals surface area contributed by atoms with Crippen LogP contribution in [0.3, 0.4) is 0 Å². The number of nitrogens with two attached hydrogens (primary N) is 1. The number of aryl methyl sites for hydroxylation is 1. The SMILES string of the molecule is Cc1ccc(C(C)O)c(N)c1. The zero-order valence-electron chi connectivity index (χ0n) is 6.83. The zero-order valence-corrected chi connectivity index (χ0v) is 6.83. The van der Waals surface area contributed by atoms with Crippen LogP contribution in [0.5, 0.6) is 0 Å². The van der Waals surface area contributed by atoms with Crippen molar-refractivity contribution in [2.24, 2.45) is 0 Å². The molecule has 1 rings (SSSR count). The van der Waals surface area contributed by atoms with Crippen LogP contribution in [0.2, 0.25) is 0 Å². The van der Waals surface area contributed by atoms with E-state index in [4.69, 9.17) is 5.73 Å². The summed E-state index contributed by atoms with van der Waals surface area (Å²) in [6.07, 6.45) is -0.476. The second kappa shape index (κ2) is 2.93. The fraction of sp³-hybridized carbons (Fsp3) is 0.333. The Morgan fingerprint density at radius 1 is 1.45 bits per heavy atom. The van der Waals surface area contributed by atoms with E-state index in [1.54, 1.807) is 6.92 Å². The van der Waals surface area contributed by atoms with E-state index in [9.17, 15) is 5.11 Å². The van der Waals surface area contributed by atoms with Crippen molar-refractivity contribution in [3.63, 3.8) is 0 Å². The number of nitrogen functional groups attached to an aromatic ring is 1. The number of hydrogen-bond donors (Lipinski definition) is 2. The summed E-state index contributed by atoms with van der Waals surface area (Å²) in [4.78, 5) is 0. The molecule has 1 unspecified atom stereocenters. The van der Waals surface area contributed by atoms with Gasteiger partial charge in [0.15, 0.2) is 0 Å². The number of aliphatic hydroxyl groups excluding tert-OH is 1. The van der Waals surface area contributed by atoms with Crippen LogP contribution in [0.15, 0.2) is 18.2 Å². The molecule has 2 heteroatoms. The molecule has 1 aromatic carbocycles. The van der Waals surface area contributed by atoms with Crippen molar-refractivity contribution in [2.45, 2.75) is 20.0 Å². The smallest absolute Gasteiger partial charge is 0.0781 e. The maximum atomic E-state index is 9.22. The summed E-state index contributed by atoms with van der Waals surface area (Å²) in [5, 5.41) is 9.22. The van der Waals surface area contributed by atoms with E-state index in [2.05, 4.69) is 0 Å². The third-order valence-corrected chi connectivity index (χ3v) is 1.69. The van der Waals surface area contributed by atoms with Crippen LogP contribution in [-0.2, 0) is 0 Å². The molecule has 2 nitrogen and oxygen atoms in total. The van der Waals surface area contributed by atoms with Gasteiger partial charge in [-0.15, -0.1) is 0 Å². The molecule has 0 aliphatic heterocycles. The maximum absolute atomic E-state index is 9.22. The van der Waals surface area contributed by atoms with Gasteiger partial charge >= 0.3 is 0 Å². The minimum atomic E-state index is -0.476.